The second kappa shape index (κ2) is 9.07. The fourth-order valence-electron chi connectivity index (χ4n) is 1.86. The third kappa shape index (κ3) is 5.37. The summed E-state index contributed by atoms with van der Waals surface area (Å²) in [7, 11) is 0. The summed E-state index contributed by atoms with van der Waals surface area (Å²) in [6.45, 7) is 2.17. The molecular formula is C17H15Cl2N3O4. The van der Waals surface area contributed by atoms with Gasteiger partial charge < -0.3 is 15.2 Å². The minimum Gasteiger partial charge on any atom is -0.504 e. The quantitative estimate of drug-likeness (QED) is 0.411. The molecule has 0 fully saturated rings. The number of nitrogens with zero attached hydrogens (tertiary/aromatic N) is 1. The molecule has 0 heterocycles. The lowest BCUT2D eigenvalue weighted by atomic mass is 10.2. The highest BCUT2D eigenvalue weighted by atomic mass is 35.5. The number of nitrogens with one attached hydrogen (secondary N) is 2. The van der Waals surface area contributed by atoms with Crippen molar-refractivity contribution in [2.75, 3.05) is 11.9 Å². The molecule has 0 saturated carbocycles. The Morgan fingerprint density at radius 2 is 1.92 bits per heavy atom. The Morgan fingerprint density at radius 3 is 2.62 bits per heavy atom. The smallest absolute Gasteiger partial charge is 0.329 e. The van der Waals surface area contributed by atoms with Crippen molar-refractivity contribution >= 4 is 46.9 Å². The van der Waals surface area contributed by atoms with E-state index in [9.17, 15) is 14.7 Å². The predicted octanol–water partition coefficient (Wildman–Crippen LogP) is 3.19. The number of phenolic OH excluding ortho intramolecular Hbond substituents is 1. The van der Waals surface area contributed by atoms with Crippen LogP contribution in [0.4, 0.5) is 5.69 Å². The van der Waals surface area contributed by atoms with E-state index in [0.717, 1.165) is 0 Å². The first-order valence-corrected chi connectivity index (χ1v) is 8.21. The molecule has 2 aromatic carbocycles. The van der Waals surface area contributed by atoms with E-state index in [-0.39, 0.29) is 10.8 Å². The van der Waals surface area contributed by atoms with Crippen LogP contribution in [0.25, 0.3) is 0 Å². The highest BCUT2D eigenvalue weighted by Gasteiger charge is 2.13. The number of carbonyl (C=O) groups excluding carboxylic acids is 2. The zero-order valence-electron chi connectivity index (χ0n) is 13.6. The zero-order valence-corrected chi connectivity index (χ0v) is 15.1. The van der Waals surface area contributed by atoms with Crippen LogP contribution < -0.4 is 15.5 Å². The molecule has 2 amide bonds. The molecule has 3 N–H and O–H groups in total. The van der Waals surface area contributed by atoms with Gasteiger partial charge in [0.15, 0.2) is 11.5 Å². The summed E-state index contributed by atoms with van der Waals surface area (Å²) in [5.41, 5.74) is 2.99. The SMILES string of the molecule is CCOc1cc(/C=N/NC(=O)C(=O)Nc2ccc(Cl)c(Cl)c2)ccc1O. The number of halogens is 2. The molecule has 9 heteroatoms. The number of hydrogen-bond donors (Lipinski definition) is 3. The molecule has 26 heavy (non-hydrogen) atoms. The van der Waals surface area contributed by atoms with Crippen LogP contribution in [0, 0.1) is 0 Å². The van der Waals surface area contributed by atoms with Crippen LogP contribution in [0.3, 0.4) is 0 Å². The van der Waals surface area contributed by atoms with E-state index in [2.05, 4.69) is 15.8 Å². The van der Waals surface area contributed by atoms with Gasteiger partial charge in [-0.2, -0.15) is 5.10 Å². The average Bonchev–Trinajstić information content (AvgIpc) is 2.61. The third-order valence-electron chi connectivity index (χ3n) is 3.05. The summed E-state index contributed by atoms with van der Waals surface area (Å²) >= 11 is 11.6. The van der Waals surface area contributed by atoms with Gasteiger partial charge in [-0.15, -0.1) is 0 Å². The molecule has 0 aromatic heterocycles. The molecule has 0 aliphatic heterocycles. The topological polar surface area (TPSA) is 100 Å². The van der Waals surface area contributed by atoms with Gasteiger partial charge >= 0.3 is 11.8 Å². The van der Waals surface area contributed by atoms with Crippen molar-refractivity contribution in [1.29, 1.82) is 0 Å². The minimum absolute atomic E-state index is 0.00552. The van der Waals surface area contributed by atoms with Crippen LogP contribution in [0.5, 0.6) is 11.5 Å². The van der Waals surface area contributed by atoms with Crippen molar-refractivity contribution in [2.45, 2.75) is 6.92 Å². The van der Waals surface area contributed by atoms with Crippen molar-refractivity contribution in [2.24, 2.45) is 5.10 Å². The van der Waals surface area contributed by atoms with E-state index in [4.69, 9.17) is 27.9 Å². The Balaban J connectivity index is 1.94. The maximum absolute atomic E-state index is 11.8. The summed E-state index contributed by atoms with van der Waals surface area (Å²) in [6.07, 6.45) is 1.31. The summed E-state index contributed by atoms with van der Waals surface area (Å²) < 4.78 is 5.24. The zero-order chi connectivity index (χ0) is 19.1. The first-order chi connectivity index (χ1) is 12.4. The summed E-state index contributed by atoms with van der Waals surface area (Å²) in [4.78, 5) is 23.6. The van der Waals surface area contributed by atoms with Gasteiger partial charge in [0.25, 0.3) is 0 Å². The number of rotatable bonds is 5. The molecule has 0 aliphatic rings. The normalized spacial score (nSPS) is 10.6. The monoisotopic (exact) mass is 395 g/mol. The number of carbonyl (C=O) groups is 2. The van der Waals surface area contributed by atoms with Crippen LogP contribution in [0.1, 0.15) is 12.5 Å². The molecule has 0 radical (unpaired) electrons. The lowest BCUT2D eigenvalue weighted by Crippen LogP contribution is -2.32. The average molecular weight is 396 g/mol. The largest absolute Gasteiger partial charge is 0.504 e. The van der Waals surface area contributed by atoms with Gasteiger partial charge in [-0.1, -0.05) is 23.2 Å². The molecule has 0 atom stereocenters. The van der Waals surface area contributed by atoms with Crippen molar-refractivity contribution in [3.05, 3.63) is 52.0 Å². The standard InChI is InChI=1S/C17H15Cl2N3O4/c1-2-26-15-7-10(3-6-14(15)23)9-20-22-17(25)16(24)21-11-4-5-12(18)13(19)8-11/h3-9,23H,2H2,1H3,(H,21,24)(H,22,25)/b20-9+. The van der Waals surface area contributed by atoms with E-state index in [1.807, 2.05) is 0 Å². The van der Waals surface area contributed by atoms with Gasteiger partial charge in [0.05, 0.1) is 22.9 Å². The highest BCUT2D eigenvalue weighted by molar-refractivity contribution is 6.42. The molecular weight excluding hydrogens is 381 g/mol. The molecule has 7 nitrogen and oxygen atoms in total. The van der Waals surface area contributed by atoms with Gasteiger partial charge in [-0.3, -0.25) is 9.59 Å². The lowest BCUT2D eigenvalue weighted by molar-refractivity contribution is -0.136. The number of ether oxygens (including phenoxy) is 1. The fourth-order valence-corrected chi connectivity index (χ4v) is 2.16. The molecule has 2 aromatic rings. The second-order valence-electron chi connectivity index (χ2n) is 4.94. The Morgan fingerprint density at radius 1 is 1.15 bits per heavy atom. The lowest BCUT2D eigenvalue weighted by Gasteiger charge is -2.06. The highest BCUT2D eigenvalue weighted by Crippen LogP contribution is 2.26. The van der Waals surface area contributed by atoms with Crippen LogP contribution in [-0.2, 0) is 9.59 Å². The van der Waals surface area contributed by atoms with Gasteiger partial charge in [-0.05, 0) is 48.9 Å². The molecule has 0 saturated heterocycles. The number of hydrazone groups is 1. The molecule has 136 valence electrons. The van der Waals surface area contributed by atoms with E-state index in [1.54, 1.807) is 19.1 Å². The van der Waals surface area contributed by atoms with Crippen LogP contribution >= 0.6 is 23.2 Å². The maximum Gasteiger partial charge on any atom is 0.329 e. The summed E-state index contributed by atoms with van der Waals surface area (Å²) in [5, 5.41) is 16.3. The summed E-state index contributed by atoms with van der Waals surface area (Å²) in [6, 6.07) is 8.98. The Kier molecular flexibility index (Phi) is 6.82. The van der Waals surface area contributed by atoms with E-state index in [1.165, 1.54) is 30.5 Å². The van der Waals surface area contributed by atoms with Gasteiger partial charge in [-0.25, -0.2) is 5.43 Å². The van der Waals surface area contributed by atoms with Crippen molar-refractivity contribution in [3.63, 3.8) is 0 Å². The van der Waals surface area contributed by atoms with Gasteiger partial charge in [0.2, 0.25) is 0 Å². The Labute approximate surface area is 159 Å². The molecule has 0 bridgehead atoms. The number of phenols is 1. The minimum atomic E-state index is -0.962. The van der Waals surface area contributed by atoms with Crippen LogP contribution in [0.2, 0.25) is 10.0 Å². The maximum atomic E-state index is 11.8. The molecule has 0 unspecified atom stereocenters. The number of amides is 2. The Bertz CT molecular complexity index is 856. The number of anilines is 1. The van der Waals surface area contributed by atoms with E-state index >= 15 is 0 Å². The molecule has 0 aliphatic carbocycles. The van der Waals surface area contributed by atoms with Crippen LogP contribution in [0.15, 0.2) is 41.5 Å². The van der Waals surface area contributed by atoms with Crippen molar-refractivity contribution in [1.82, 2.24) is 5.43 Å². The molecule has 2 rings (SSSR count). The van der Waals surface area contributed by atoms with E-state index in [0.29, 0.717) is 28.6 Å². The predicted molar refractivity (Wildman–Crippen MR) is 100 cm³/mol. The van der Waals surface area contributed by atoms with E-state index < -0.39 is 11.8 Å². The van der Waals surface area contributed by atoms with Crippen LogP contribution in [-0.4, -0.2) is 29.7 Å². The Hall–Kier alpha value is -2.77. The molecule has 0 spiro atoms. The number of benzene rings is 2. The first-order valence-electron chi connectivity index (χ1n) is 7.46. The van der Waals surface area contributed by atoms with Crippen molar-refractivity contribution in [3.8, 4) is 11.5 Å². The van der Waals surface area contributed by atoms with Gasteiger partial charge in [0, 0.05) is 5.69 Å². The van der Waals surface area contributed by atoms with Gasteiger partial charge in [0.1, 0.15) is 0 Å². The summed E-state index contributed by atoms with van der Waals surface area (Å²) in [5.74, 6) is -1.59. The van der Waals surface area contributed by atoms with Crippen molar-refractivity contribution < 1.29 is 19.4 Å². The number of aromatic hydroxyl groups is 1. The number of hydrogen-bond acceptors (Lipinski definition) is 5. The third-order valence-corrected chi connectivity index (χ3v) is 3.79. The first kappa shape index (κ1) is 19.6. The second-order valence-corrected chi connectivity index (χ2v) is 5.76. The fraction of sp³-hybridized carbons (Fsp3) is 0.118.